The number of rotatable bonds is 4. The summed E-state index contributed by atoms with van der Waals surface area (Å²) in [7, 11) is 1.58. The summed E-state index contributed by atoms with van der Waals surface area (Å²) < 4.78 is 4.80. The second-order valence-electron chi connectivity index (χ2n) is 2.36. The van der Waals surface area contributed by atoms with Crippen LogP contribution in [0.3, 0.4) is 0 Å². The molecule has 0 aromatic heterocycles. The van der Waals surface area contributed by atoms with Crippen LogP contribution in [-0.2, 0) is 4.74 Å². The first-order chi connectivity index (χ1) is 4.72. The van der Waals surface area contributed by atoms with Gasteiger partial charge in [-0.2, -0.15) is 5.26 Å². The van der Waals surface area contributed by atoms with Crippen molar-refractivity contribution in [3.63, 3.8) is 0 Å². The molecule has 58 valence electrons. The first-order valence-corrected chi connectivity index (χ1v) is 3.26. The molecule has 0 aliphatic heterocycles. The molecule has 0 fully saturated rings. The van der Waals surface area contributed by atoms with Gasteiger partial charge in [0.2, 0.25) is 0 Å². The van der Waals surface area contributed by atoms with Crippen molar-refractivity contribution < 1.29 is 9.84 Å². The monoisotopic (exact) mass is 143 g/mol. The molecule has 0 amide bonds. The third-order valence-electron chi connectivity index (χ3n) is 1.39. The van der Waals surface area contributed by atoms with Crippen LogP contribution in [0, 0.1) is 17.2 Å². The zero-order valence-electron chi connectivity index (χ0n) is 6.37. The predicted molar refractivity (Wildman–Crippen MR) is 37.3 cm³/mol. The molecule has 2 unspecified atom stereocenters. The van der Waals surface area contributed by atoms with Gasteiger partial charge in [0, 0.05) is 13.0 Å². The van der Waals surface area contributed by atoms with Crippen LogP contribution in [0.4, 0.5) is 0 Å². The average molecular weight is 143 g/mol. The summed E-state index contributed by atoms with van der Waals surface area (Å²) in [5, 5.41) is 17.3. The highest BCUT2D eigenvalue weighted by atomic mass is 16.5. The Morgan fingerprint density at radius 1 is 1.70 bits per heavy atom. The van der Waals surface area contributed by atoms with Crippen LogP contribution in [-0.4, -0.2) is 24.9 Å². The first kappa shape index (κ1) is 9.41. The minimum Gasteiger partial charge on any atom is -0.392 e. The molecule has 0 saturated heterocycles. The summed E-state index contributed by atoms with van der Waals surface area (Å²) >= 11 is 0. The summed E-state index contributed by atoms with van der Waals surface area (Å²) in [6.45, 7) is 2.36. The van der Waals surface area contributed by atoms with E-state index >= 15 is 0 Å². The van der Waals surface area contributed by atoms with Crippen LogP contribution in [0.5, 0.6) is 0 Å². The Balaban J connectivity index is 3.50. The van der Waals surface area contributed by atoms with Gasteiger partial charge in [-0.25, -0.2) is 0 Å². The summed E-state index contributed by atoms with van der Waals surface area (Å²) in [4.78, 5) is 0. The summed E-state index contributed by atoms with van der Waals surface area (Å²) in [6.07, 6.45) is -0.366. The molecular formula is C7H13NO2. The number of ether oxygens (including phenoxy) is 1. The van der Waals surface area contributed by atoms with Crippen molar-refractivity contribution in [2.45, 2.75) is 19.4 Å². The van der Waals surface area contributed by atoms with Gasteiger partial charge in [0.1, 0.15) is 0 Å². The van der Waals surface area contributed by atoms with Crippen molar-refractivity contribution in [1.29, 1.82) is 5.26 Å². The lowest BCUT2D eigenvalue weighted by atomic mass is 10.0. The number of nitriles is 1. The van der Waals surface area contributed by atoms with Gasteiger partial charge >= 0.3 is 0 Å². The maximum atomic E-state index is 9.15. The fraction of sp³-hybridized carbons (Fsp3) is 0.857. The highest BCUT2D eigenvalue weighted by Crippen LogP contribution is 2.05. The molecule has 0 spiro atoms. The van der Waals surface area contributed by atoms with Crippen molar-refractivity contribution in [3.05, 3.63) is 0 Å². The first-order valence-electron chi connectivity index (χ1n) is 3.26. The van der Waals surface area contributed by atoms with E-state index in [9.17, 15) is 0 Å². The van der Waals surface area contributed by atoms with Gasteiger partial charge in [-0.1, -0.05) is 6.92 Å². The highest BCUT2D eigenvalue weighted by Gasteiger charge is 2.12. The predicted octanol–water partition coefficient (Wildman–Crippen LogP) is 0.543. The molecule has 0 aliphatic rings. The normalized spacial score (nSPS) is 15.8. The Hall–Kier alpha value is -0.590. The van der Waals surface area contributed by atoms with E-state index in [0.717, 1.165) is 0 Å². The van der Waals surface area contributed by atoms with Gasteiger partial charge in [-0.15, -0.1) is 0 Å². The Kier molecular flexibility index (Phi) is 4.91. The molecule has 2 atom stereocenters. The van der Waals surface area contributed by atoms with E-state index < -0.39 is 6.10 Å². The zero-order valence-corrected chi connectivity index (χ0v) is 6.37. The molecule has 1 N–H and O–H groups in total. The molecule has 3 nitrogen and oxygen atoms in total. The van der Waals surface area contributed by atoms with Crippen molar-refractivity contribution in [2.24, 2.45) is 5.92 Å². The summed E-state index contributed by atoms with van der Waals surface area (Å²) in [5.41, 5.74) is 0. The largest absolute Gasteiger partial charge is 0.392 e. The van der Waals surface area contributed by atoms with Crippen LogP contribution < -0.4 is 0 Å². The molecule has 10 heavy (non-hydrogen) atoms. The highest BCUT2D eigenvalue weighted by molar-refractivity contribution is 4.78. The van der Waals surface area contributed by atoms with Crippen molar-refractivity contribution >= 4 is 0 Å². The van der Waals surface area contributed by atoms with Crippen LogP contribution in [0.2, 0.25) is 0 Å². The van der Waals surface area contributed by atoms with Crippen LogP contribution >= 0.6 is 0 Å². The van der Waals surface area contributed by atoms with Gasteiger partial charge in [0.05, 0.1) is 25.2 Å². The summed E-state index contributed by atoms with van der Waals surface area (Å²) in [5.74, 6) is 0.0460. The van der Waals surface area contributed by atoms with Crippen molar-refractivity contribution in [3.8, 4) is 6.07 Å². The van der Waals surface area contributed by atoms with Crippen molar-refractivity contribution in [2.75, 3.05) is 13.7 Å². The second-order valence-corrected chi connectivity index (χ2v) is 2.36. The lowest BCUT2D eigenvalue weighted by molar-refractivity contribution is 0.0600. The second kappa shape index (κ2) is 5.21. The lowest BCUT2D eigenvalue weighted by Gasteiger charge is -2.14. The minimum atomic E-state index is -0.551. The fourth-order valence-electron chi connectivity index (χ4n) is 0.669. The lowest BCUT2D eigenvalue weighted by Crippen LogP contribution is -2.20. The molecule has 0 rings (SSSR count). The average Bonchev–Trinajstić information content (AvgIpc) is 1.89. The maximum Gasteiger partial charge on any atom is 0.0717 e. The molecule has 0 aromatic rings. The number of hydrogen-bond acceptors (Lipinski definition) is 3. The number of methoxy groups -OCH3 is 1. The van der Waals surface area contributed by atoms with E-state index in [1.807, 2.05) is 13.0 Å². The molecule has 3 heteroatoms. The molecule has 0 aliphatic carbocycles. The smallest absolute Gasteiger partial charge is 0.0717 e. The third-order valence-corrected chi connectivity index (χ3v) is 1.39. The van der Waals surface area contributed by atoms with Crippen LogP contribution in [0.1, 0.15) is 13.3 Å². The fourth-order valence-corrected chi connectivity index (χ4v) is 0.669. The molecule has 0 saturated carbocycles. The number of hydrogen-bond donors (Lipinski definition) is 1. The van der Waals surface area contributed by atoms with E-state index in [1.165, 1.54) is 0 Å². The Morgan fingerprint density at radius 2 is 2.30 bits per heavy atom. The summed E-state index contributed by atoms with van der Waals surface area (Å²) in [6, 6.07) is 1.90. The van der Waals surface area contributed by atoms with Crippen LogP contribution in [0.25, 0.3) is 0 Å². The molecular weight excluding hydrogens is 130 g/mol. The molecule has 0 radical (unpaired) electrons. The Labute approximate surface area is 61.2 Å². The van der Waals surface area contributed by atoms with E-state index in [4.69, 9.17) is 15.1 Å². The number of nitrogens with zero attached hydrogens (tertiary/aromatic N) is 1. The van der Waals surface area contributed by atoms with E-state index in [0.29, 0.717) is 6.61 Å². The van der Waals surface area contributed by atoms with Gasteiger partial charge in [0.25, 0.3) is 0 Å². The minimum absolute atomic E-state index is 0.0460. The van der Waals surface area contributed by atoms with Crippen molar-refractivity contribution in [1.82, 2.24) is 0 Å². The number of aliphatic hydroxyl groups excluding tert-OH is 1. The van der Waals surface area contributed by atoms with E-state index in [-0.39, 0.29) is 12.3 Å². The van der Waals surface area contributed by atoms with E-state index in [2.05, 4.69) is 0 Å². The van der Waals surface area contributed by atoms with Crippen LogP contribution in [0.15, 0.2) is 0 Å². The standard InChI is InChI=1S/C7H13NO2/c1-6(5-10-2)7(9)3-4-8/h6-7,9H,3,5H2,1-2H3. The maximum absolute atomic E-state index is 9.15. The SMILES string of the molecule is COCC(C)C(O)CC#N. The Morgan fingerprint density at radius 3 is 2.70 bits per heavy atom. The quantitative estimate of drug-likeness (QED) is 0.625. The molecule has 0 heterocycles. The number of aliphatic hydroxyl groups is 1. The zero-order chi connectivity index (χ0) is 7.98. The van der Waals surface area contributed by atoms with Gasteiger partial charge in [-0.3, -0.25) is 0 Å². The molecule has 0 bridgehead atoms. The van der Waals surface area contributed by atoms with Gasteiger partial charge in [0.15, 0.2) is 0 Å². The van der Waals surface area contributed by atoms with Gasteiger partial charge < -0.3 is 9.84 Å². The van der Waals surface area contributed by atoms with Gasteiger partial charge in [-0.05, 0) is 0 Å². The topological polar surface area (TPSA) is 53.2 Å². The Bertz CT molecular complexity index is 119. The van der Waals surface area contributed by atoms with E-state index in [1.54, 1.807) is 7.11 Å². The molecule has 0 aromatic carbocycles. The third kappa shape index (κ3) is 3.44.